The van der Waals surface area contributed by atoms with Gasteiger partial charge in [0.15, 0.2) is 0 Å². The van der Waals surface area contributed by atoms with Gasteiger partial charge in [0.25, 0.3) is 0 Å². The maximum absolute atomic E-state index is 3.40. The molecule has 0 atom stereocenters. The molecule has 2 nitrogen and oxygen atoms in total. The molecule has 1 N–H and O–H groups in total. The summed E-state index contributed by atoms with van der Waals surface area (Å²) in [4.78, 5) is 0. The number of aryl methyl sites for hydroxylation is 1. The Hall–Kier alpha value is -1.57. The Balaban J connectivity index is 2.55. The van der Waals surface area contributed by atoms with E-state index in [-0.39, 0.29) is 0 Å². The summed E-state index contributed by atoms with van der Waals surface area (Å²) in [6.45, 7) is 6.49. The number of nitrogens with one attached hydrogen (secondary N) is 1. The minimum Gasteiger partial charge on any atom is -0.164 e. The number of nitrogens with zero attached hydrogens (tertiary/aromatic N) is 1. The summed E-state index contributed by atoms with van der Waals surface area (Å²) in [5.74, 6) is 0. The molecule has 0 spiro atoms. The van der Waals surface area contributed by atoms with Crippen molar-refractivity contribution in [1.82, 2.24) is 5.10 Å². The Bertz CT molecular complexity index is 455. The lowest BCUT2D eigenvalue weighted by atomic mass is 10.1. The summed E-state index contributed by atoms with van der Waals surface area (Å²) in [5.41, 5.74) is 5.18. The van der Waals surface area contributed by atoms with Crippen LogP contribution in [0, 0.1) is 13.8 Å². The van der Waals surface area contributed by atoms with Gasteiger partial charge in [-0.2, -0.15) is 5.10 Å². The molecule has 1 aromatic carbocycles. The van der Waals surface area contributed by atoms with E-state index in [0.717, 1.165) is 6.42 Å². The zero-order chi connectivity index (χ0) is 10.8. The van der Waals surface area contributed by atoms with Crippen LogP contribution in [-0.2, 0) is 6.42 Å². The van der Waals surface area contributed by atoms with Crippen molar-refractivity contribution in [3.63, 3.8) is 0 Å². The molecule has 2 aromatic rings. The number of benzene rings is 1. The average Bonchev–Trinajstić information content (AvgIpc) is 2.55. The Morgan fingerprint density at radius 3 is 2.33 bits per heavy atom. The van der Waals surface area contributed by atoms with Crippen LogP contribution in [0.15, 0.2) is 30.3 Å². The van der Waals surface area contributed by atoms with Crippen LogP contribution in [0.2, 0.25) is 0 Å². The van der Waals surface area contributed by atoms with E-state index in [1.807, 2.05) is 6.07 Å². The number of H-pyrrole nitrogens is 1. The van der Waals surface area contributed by atoms with Gasteiger partial charge in [-0.1, -0.05) is 29.8 Å². The monoisotopic (exact) mass is 201 g/mol. The molecule has 78 valence electrons. The molecular weight excluding hydrogens is 184 g/mol. The highest BCUT2D eigenvalue weighted by atomic mass is 15.3. The average molecular weight is 201 g/mol. The van der Waals surface area contributed by atoms with Crippen molar-refractivity contribution >= 4 is 0 Å². The van der Waals surface area contributed by atoms with E-state index in [1.54, 1.807) is 0 Å². The fourth-order valence-corrected chi connectivity index (χ4v) is 2.08. The second kappa shape index (κ2) is 3.89. The summed E-state index contributed by atoms with van der Waals surface area (Å²) in [6, 6.07) is 10.4. The van der Waals surface area contributed by atoms with Crippen LogP contribution in [0.3, 0.4) is 0 Å². The zero-order valence-electron chi connectivity index (χ0n) is 9.54. The van der Waals surface area contributed by atoms with Gasteiger partial charge < -0.3 is 0 Å². The Labute approximate surface area is 90.6 Å². The van der Waals surface area contributed by atoms with Crippen molar-refractivity contribution in [2.45, 2.75) is 27.2 Å². The van der Waals surface area contributed by atoms with E-state index in [4.69, 9.17) is 0 Å². The van der Waals surface area contributed by atoms with Crippen LogP contribution in [0.25, 0.3) is 5.69 Å². The molecule has 0 bridgehead atoms. The van der Waals surface area contributed by atoms with E-state index in [0.29, 0.717) is 0 Å². The summed E-state index contributed by atoms with van der Waals surface area (Å²) in [6.07, 6.45) is 1.08. The predicted molar refractivity (Wildman–Crippen MR) is 61.2 cm³/mol. The molecule has 2 heteroatoms. The molecule has 1 heterocycles. The Morgan fingerprint density at radius 1 is 1.13 bits per heavy atom. The van der Waals surface area contributed by atoms with Gasteiger partial charge in [-0.05, 0) is 13.3 Å². The van der Waals surface area contributed by atoms with Crippen LogP contribution >= 0.6 is 0 Å². The van der Waals surface area contributed by atoms with Crippen molar-refractivity contribution in [1.29, 1.82) is 0 Å². The van der Waals surface area contributed by atoms with E-state index in [1.165, 1.54) is 22.6 Å². The van der Waals surface area contributed by atoms with Crippen molar-refractivity contribution in [3.8, 4) is 5.69 Å². The van der Waals surface area contributed by atoms with Gasteiger partial charge in [-0.3, -0.25) is 0 Å². The van der Waals surface area contributed by atoms with Crippen LogP contribution in [-0.4, -0.2) is 5.10 Å². The van der Waals surface area contributed by atoms with Gasteiger partial charge in [0.1, 0.15) is 0 Å². The smallest absolute Gasteiger partial charge is 0.164 e. The van der Waals surface area contributed by atoms with Crippen molar-refractivity contribution < 1.29 is 4.68 Å². The molecule has 0 saturated carbocycles. The molecule has 0 amide bonds. The van der Waals surface area contributed by atoms with E-state index in [2.05, 4.69) is 54.8 Å². The van der Waals surface area contributed by atoms with Crippen LogP contribution in [0.1, 0.15) is 23.9 Å². The normalized spacial score (nSPS) is 10.6. The first-order valence-corrected chi connectivity index (χ1v) is 5.39. The van der Waals surface area contributed by atoms with Crippen LogP contribution < -0.4 is 4.68 Å². The fraction of sp³-hybridized carbons (Fsp3) is 0.308. The first-order chi connectivity index (χ1) is 7.24. The highest BCUT2D eigenvalue weighted by molar-refractivity contribution is 5.25. The molecule has 0 radical (unpaired) electrons. The maximum atomic E-state index is 3.40. The van der Waals surface area contributed by atoms with E-state index >= 15 is 0 Å². The third kappa shape index (κ3) is 1.67. The van der Waals surface area contributed by atoms with Gasteiger partial charge in [0, 0.05) is 24.6 Å². The maximum Gasteiger partial charge on any atom is 0.235 e. The quantitative estimate of drug-likeness (QED) is 0.720. The third-order valence-electron chi connectivity index (χ3n) is 2.87. The first kappa shape index (κ1) is 9.97. The lowest BCUT2D eigenvalue weighted by Crippen LogP contribution is -2.35. The standard InChI is InChI=1S/C13H16N2/c1-4-13-10(2)14-15(11(13)3)12-8-6-5-7-9-12/h5-9H,4H2,1-3H3/p+1. The van der Waals surface area contributed by atoms with Gasteiger partial charge in [-0.25, -0.2) is 0 Å². The predicted octanol–water partition coefficient (Wildman–Crippen LogP) is 2.47. The van der Waals surface area contributed by atoms with E-state index in [9.17, 15) is 0 Å². The lowest BCUT2D eigenvalue weighted by Gasteiger charge is -1.92. The molecule has 2 rings (SSSR count). The van der Waals surface area contributed by atoms with Crippen molar-refractivity contribution in [2.24, 2.45) is 0 Å². The lowest BCUT2D eigenvalue weighted by molar-refractivity contribution is -0.662. The second-order valence-corrected chi connectivity index (χ2v) is 3.83. The summed E-state index contributed by atoms with van der Waals surface area (Å²) in [7, 11) is 0. The van der Waals surface area contributed by atoms with E-state index < -0.39 is 0 Å². The number of aromatic amines is 1. The van der Waals surface area contributed by atoms with Crippen molar-refractivity contribution in [3.05, 3.63) is 47.3 Å². The number of aromatic nitrogens is 2. The minimum atomic E-state index is 1.08. The van der Waals surface area contributed by atoms with Gasteiger partial charge in [0.05, 0.1) is 5.69 Å². The highest BCUT2D eigenvalue weighted by Gasteiger charge is 2.18. The molecular formula is C13H17N2+. The molecule has 0 aliphatic carbocycles. The molecule has 0 aliphatic heterocycles. The molecule has 0 unspecified atom stereocenters. The fourth-order valence-electron chi connectivity index (χ4n) is 2.08. The second-order valence-electron chi connectivity index (χ2n) is 3.83. The number of hydrogen-bond donors (Lipinski definition) is 1. The Kier molecular flexibility index (Phi) is 2.58. The summed E-state index contributed by atoms with van der Waals surface area (Å²) in [5, 5.41) is 3.40. The van der Waals surface area contributed by atoms with Crippen LogP contribution in [0.4, 0.5) is 0 Å². The first-order valence-electron chi connectivity index (χ1n) is 5.39. The number of hydrogen-bond acceptors (Lipinski definition) is 0. The SMILES string of the molecule is CCc1c(C)[nH][n+](-c2ccccc2)c1C. The van der Waals surface area contributed by atoms with Gasteiger partial charge >= 0.3 is 0 Å². The topological polar surface area (TPSA) is 19.7 Å². The van der Waals surface area contributed by atoms with Crippen molar-refractivity contribution in [2.75, 3.05) is 0 Å². The molecule has 15 heavy (non-hydrogen) atoms. The highest BCUT2D eigenvalue weighted by Crippen LogP contribution is 2.10. The molecule has 0 fully saturated rings. The zero-order valence-corrected chi connectivity index (χ0v) is 9.54. The number of para-hydroxylation sites is 1. The van der Waals surface area contributed by atoms with Crippen LogP contribution in [0.5, 0.6) is 0 Å². The molecule has 0 saturated heterocycles. The molecule has 1 aromatic heterocycles. The summed E-state index contributed by atoms with van der Waals surface area (Å²) >= 11 is 0. The largest absolute Gasteiger partial charge is 0.235 e. The minimum absolute atomic E-state index is 1.08. The molecule has 0 aliphatic rings. The number of rotatable bonds is 2. The summed E-state index contributed by atoms with van der Waals surface area (Å²) < 4.78 is 2.15. The third-order valence-corrected chi connectivity index (χ3v) is 2.87. The van der Waals surface area contributed by atoms with Gasteiger partial charge in [-0.15, -0.1) is 0 Å². The Morgan fingerprint density at radius 2 is 1.80 bits per heavy atom. The van der Waals surface area contributed by atoms with Gasteiger partial charge in [0.2, 0.25) is 11.4 Å².